The maximum absolute atomic E-state index is 8.53. The Hall–Kier alpha value is -2.00. The lowest BCUT2D eigenvalue weighted by molar-refractivity contribution is 0.417. The number of ether oxygens (including phenoxy) is 1. The summed E-state index contributed by atoms with van der Waals surface area (Å²) in [6, 6.07) is 6.70. The molecule has 0 bridgehead atoms. The Bertz CT molecular complexity index is 371. The Morgan fingerprint density at radius 3 is 2.83 bits per heavy atom. The Morgan fingerprint density at radius 1 is 1.58 bits per heavy atom. The van der Waals surface area contributed by atoms with Crippen LogP contribution in [0, 0.1) is 17.9 Å². The molecule has 1 aromatic carbocycles. The lowest BCUT2D eigenvalue weighted by Crippen LogP contribution is -1.83. The van der Waals surface area contributed by atoms with Gasteiger partial charge in [0, 0.05) is 5.56 Å². The third-order valence-electron chi connectivity index (χ3n) is 1.43. The van der Waals surface area contributed by atoms with Gasteiger partial charge in [0.2, 0.25) is 5.69 Å². The molecule has 3 nitrogen and oxygen atoms in total. The molecule has 3 heteroatoms. The molecule has 0 spiro atoms. The van der Waals surface area contributed by atoms with Gasteiger partial charge in [0.1, 0.15) is 5.75 Å². The molecule has 0 aliphatic heterocycles. The van der Waals surface area contributed by atoms with Crippen LogP contribution in [-0.4, -0.2) is 7.11 Å². The number of nitriles is 1. The van der Waals surface area contributed by atoms with E-state index in [0.29, 0.717) is 17.0 Å². The summed E-state index contributed by atoms with van der Waals surface area (Å²) in [5.74, 6) is 0.504. The molecule has 1 aromatic rings. The fourth-order valence-electron chi connectivity index (χ4n) is 0.847. The summed E-state index contributed by atoms with van der Waals surface area (Å²) < 4.78 is 4.91. The van der Waals surface area contributed by atoms with Gasteiger partial charge in [-0.1, -0.05) is 0 Å². The van der Waals surface area contributed by atoms with Crippen molar-refractivity contribution in [2.75, 3.05) is 7.11 Å². The van der Waals surface area contributed by atoms with E-state index < -0.39 is 0 Å². The van der Waals surface area contributed by atoms with Crippen molar-refractivity contribution in [3.63, 3.8) is 0 Å². The Balaban J connectivity index is 3.24. The largest absolute Gasteiger partial charge is 0.508 e. The van der Waals surface area contributed by atoms with Crippen molar-refractivity contribution in [2.24, 2.45) is 0 Å². The van der Waals surface area contributed by atoms with Gasteiger partial charge < -0.3 is 4.74 Å². The Morgan fingerprint density at radius 2 is 2.33 bits per heavy atom. The topological polar surface area (TPSA) is 37.4 Å². The van der Waals surface area contributed by atoms with Crippen molar-refractivity contribution in [3.05, 3.63) is 35.2 Å². The van der Waals surface area contributed by atoms with E-state index in [1.807, 2.05) is 6.07 Å². The lowest BCUT2D eigenvalue weighted by Gasteiger charge is -2.00. The van der Waals surface area contributed by atoms with Gasteiger partial charge in [-0.25, -0.2) is 4.85 Å². The van der Waals surface area contributed by atoms with Gasteiger partial charge in [0.25, 0.3) is 0 Å². The minimum absolute atomic E-state index is 0.372. The molecule has 0 aliphatic carbocycles. The van der Waals surface area contributed by atoms with E-state index in [1.54, 1.807) is 12.1 Å². The van der Waals surface area contributed by atoms with Gasteiger partial charge in [-0.2, -0.15) is 5.26 Å². The summed E-state index contributed by atoms with van der Waals surface area (Å²) in [6.45, 7) is 6.80. The van der Waals surface area contributed by atoms with Gasteiger partial charge in [0.15, 0.2) is 0 Å². The van der Waals surface area contributed by atoms with Crippen LogP contribution in [0.3, 0.4) is 0 Å². The minimum Gasteiger partial charge on any atom is -0.508 e. The van der Waals surface area contributed by atoms with Gasteiger partial charge >= 0.3 is 0 Å². The molecule has 1 rings (SSSR count). The van der Waals surface area contributed by atoms with Crippen molar-refractivity contribution in [3.8, 4) is 11.8 Å². The van der Waals surface area contributed by atoms with Gasteiger partial charge in [-0.3, -0.25) is 0 Å². The first kappa shape index (κ1) is 8.10. The summed E-state index contributed by atoms with van der Waals surface area (Å²) in [4.78, 5) is 3.22. The molecule has 0 radical (unpaired) electrons. The third-order valence-corrected chi connectivity index (χ3v) is 1.43. The van der Waals surface area contributed by atoms with Crippen LogP contribution < -0.4 is 4.74 Å². The van der Waals surface area contributed by atoms with Crippen LogP contribution in [0.4, 0.5) is 5.69 Å². The van der Waals surface area contributed by atoms with Crippen molar-refractivity contribution in [2.45, 2.75) is 0 Å². The normalized spacial score (nSPS) is 8.25. The van der Waals surface area contributed by atoms with Crippen molar-refractivity contribution >= 4 is 5.69 Å². The predicted molar refractivity (Wildman–Crippen MR) is 44.0 cm³/mol. The molecule has 12 heavy (non-hydrogen) atoms. The number of nitrogens with zero attached hydrogens (tertiary/aromatic N) is 2. The van der Waals surface area contributed by atoms with Crippen molar-refractivity contribution in [1.82, 2.24) is 0 Å². The maximum Gasteiger partial charge on any atom is 0.229 e. The average molecular weight is 157 g/mol. The summed E-state index contributed by atoms with van der Waals surface area (Å²) in [7, 11) is 1.50. The van der Waals surface area contributed by atoms with Crippen LogP contribution in [-0.2, 0) is 0 Å². The fourth-order valence-corrected chi connectivity index (χ4v) is 0.847. The second-order valence-corrected chi connectivity index (χ2v) is 2.11. The molecule has 0 atom stereocenters. The summed E-state index contributed by atoms with van der Waals surface area (Å²) >= 11 is 0. The zero-order valence-electron chi connectivity index (χ0n) is 6.53. The van der Waals surface area contributed by atoms with Gasteiger partial charge in [-0.15, -0.1) is 0 Å². The highest BCUT2D eigenvalue weighted by molar-refractivity contribution is 5.60. The zero-order chi connectivity index (χ0) is 8.97. The third kappa shape index (κ3) is 1.36. The van der Waals surface area contributed by atoms with Gasteiger partial charge in [0.05, 0.1) is 19.8 Å². The number of hydrogen-bond acceptors (Lipinski definition) is 2. The molecule has 0 N–H and O–H groups in total. The molecule has 0 saturated heterocycles. The van der Waals surface area contributed by atoms with E-state index in [0.717, 1.165) is 0 Å². The SMILES string of the molecule is COc1ccc(C#N)cc1[N+]#[11C-]. The standard InChI is InChI=1S/C9H6N2O/c1-11-8-5-7(6-10)3-4-9(8)12-2/h3-5H,2H3/i1-1. The maximum atomic E-state index is 8.53. The molecule has 0 aromatic heterocycles. The van der Waals surface area contributed by atoms with Crippen LogP contribution in [0.15, 0.2) is 18.2 Å². The molecule has 0 unspecified atom stereocenters. The highest BCUT2D eigenvalue weighted by atomic mass is 16.5. The number of hydrogen-bond donors (Lipinski definition) is 0. The summed E-state index contributed by atoms with van der Waals surface area (Å²) in [5.41, 5.74) is 0.846. The second kappa shape index (κ2) is 3.41. The van der Waals surface area contributed by atoms with Crippen LogP contribution >= 0.6 is 0 Å². The van der Waals surface area contributed by atoms with Crippen LogP contribution in [0.2, 0.25) is 0 Å². The predicted octanol–water partition coefficient (Wildman–Crippen LogP) is 2.12. The zero-order valence-corrected chi connectivity index (χ0v) is 6.53. The minimum atomic E-state index is 0.372. The van der Waals surface area contributed by atoms with Crippen molar-refractivity contribution < 1.29 is 4.74 Å². The van der Waals surface area contributed by atoms with Crippen LogP contribution in [0.25, 0.3) is 4.85 Å². The van der Waals surface area contributed by atoms with E-state index in [1.165, 1.54) is 13.2 Å². The fraction of sp³-hybridized carbons (Fsp3) is 0.111. The van der Waals surface area contributed by atoms with E-state index in [-0.39, 0.29) is 0 Å². The van der Waals surface area contributed by atoms with Crippen LogP contribution in [0.1, 0.15) is 5.56 Å². The highest BCUT2D eigenvalue weighted by Crippen LogP contribution is 2.27. The molecule has 0 saturated carbocycles. The Kier molecular flexibility index (Phi) is 2.30. The molecular formula is C9H6N2O. The van der Waals surface area contributed by atoms with E-state index >= 15 is 0 Å². The first-order valence-corrected chi connectivity index (χ1v) is 3.27. The lowest BCUT2D eigenvalue weighted by atomic mass is 10.2. The second-order valence-electron chi connectivity index (χ2n) is 2.11. The smallest absolute Gasteiger partial charge is 0.229 e. The molecule has 0 heterocycles. The first-order valence-electron chi connectivity index (χ1n) is 3.27. The molecule has 0 amide bonds. The number of methoxy groups -OCH3 is 1. The number of benzene rings is 1. The van der Waals surface area contributed by atoms with Crippen LogP contribution in [0.5, 0.6) is 5.75 Å². The number of rotatable bonds is 1. The monoisotopic (exact) mass is 157 g/mol. The van der Waals surface area contributed by atoms with E-state index in [9.17, 15) is 0 Å². The van der Waals surface area contributed by atoms with E-state index in [4.69, 9.17) is 16.6 Å². The quantitative estimate of drug-likeness (QED) is 0.585. The molecule has 58 valence electrons. The summed E-state index contributed by atoms with van der Waals surface area (Å²) in [5, 5.41) is 8.53. The van der Waals surface area contributed by atoms with E-state index in [2.05, 4.69) is 4.85 Å². The van der Waals surface area contributed by atoms with Crippen molar-refractivity contribution in [1.29, 1.82) is 5.26 Å². The summed E-state index contributed by atoms with van der Waals surface area (Å²) in [6.07, 6.45) is 0. The first-order chi connectivity index (χ1) is 5.81. The molecular weight excluding hydrogens is 151 g/mol. The van der Waals surface area contributed by atoms with Gasteiger partial charge in [-0.05, 0) is 18.2 Å². The molecule has 0 fully saturated rings. The molecule has 0 aliphatic rings. The average Bonchev–Trinajstić information content (AvgIpc) is 2.16. The Labute approximate surface area is 70.6 Å². The highest BCUT2D eigenvalue weighted by Gasteiger charge is 2.02.